The van der Waals surface area contributed by atoms with Gasteiger partial charge in [0.2, 0.25) is 0 Å². The van der Waals surface area contributed by atoms with Crippen LogP contribution in [0.1, 0.15) is 126 Å². The average Bonchev–Trinajstić information content (AvgIpc) is 3.79. The van der Waals surface area contributed by atoms with Gasteiger partial charge in [0.15, 0.2) is 0 Å². The molecule has 2 saturated heterocycles. The molecule has 2 heteroatoms. The highest BCUT2D eigenvalue weighted by Gasteiger charge is 2.44. The van der Waals surface area contributed by atoms with E-state index < -0.39 is 0 Å². The summed E-state index contributed by atoms with van der Waals surface area (Å²) in [6.07, 6.45) is 22.5. The maximum absolute atomic E-state index is 5.50. The van der Waals surface area contributed by atoms with Crippen LogP contribution in [0.3, 0.4) is 0 Å². The van der Waals surface area contributed by atoms with Crippen LogP contribution >= 0.6 is 0 Å². The van der Waals surface area contributed by atoms with Crippen molar-refractivity contribution in [1.29, 1.82) is 0 Å². The summed E-state index contributed by atoms with van der Waals surface area (Å²) in [4.78, 5) is 5.41. The van der Waals surface area contributed by atoms with Crippen molar-refractivity contribution in [2.24, 2.45) is 34.5 Å². The van der Waals surface area contributed by atoms with Crippen LogP contribution in [0.4, 0.5) is 0 Å². The van der Waals surface area contributed by atoms with Crippen LogP contribution in [-0.2, 0) is 0 Å². The molecule has 35 heavy (non-hydrogen) atoms. The summed E-state index contributed by atoms with van der Waals surface area (Å²) in [7, 11) is 0. The van der Waals surface area contributed by atoms with Gasteiger partial charge < -0.3 is 9.80 Å². The van der Waals surface area contributed by atoms with Crippen LogP contribution in [0, 0.1) is 46.8 Å². The molecule has 2 aliphatic carbocycles. The van der Waals surface area contributed by atoms with Gasteiger partial charge in [0.1, 0.15) is 0 Å². The average molecular weight is 487 g/mol. The molecule has 0 amide bonds. The molecule has 4 aliphatic rings. The van der Waals surface area contributed by atoms with Crippen molar-refractivity contribution in [3.63, 3.8) is 0 Å². The quantitative estimate of drug-likeness (QED) is 0.285. The summed E-state index contributed by atoms with van der Waals surface area (Å²) < 4.78 is 0. The van der Waals surface area contributed by atoms with Gasteiger partial charge in [0, 0.05) is 19.0 Å². The first-order chi connectivity index (χ1) is 16.7. The molecule has 0 aromatic heterocycles. The first-order valence-corrected chi connectivity index (χ1v) is 15.6. The normalized spacial score (nSPS) is 24.2. The second-order valence-corrected chi connectivity index (χ2v) is 13.5. The van der Waals surface area contributed by atoms with E-state index in [0.29, 0.717) is 11.3 Å². The van der Waals surface area contributed by atoms with Gasteiger partial charge in [0.25, 0.3) is 0 Å². The smallest absolute Gasteiger partial charge is 0.0224 e. The number of terminal acetylenes is 1. The van der Waals surface area contributed by atoms with Crippen molar-refractivity contribution < 1.29 is 0 Å². The molecule has 0 aromatic carbocycles. The van der Waals surface area contributed by atoms with E-state index in [-0.39, 0.29) is 0 Å². The van der Waals surface area contributed by atoms with Crippen LogP contribution in [0.2, 0.25) is 0 Å². The zero-order chi connectivity index (χ0) is 25.9. The predicted octanol–water partition coefficient (Wildman–Crippen LogP) is 8.51. The molecule has 0 unspecified atom stereocenters. The number of hydrogen-bond acceptors (Lipinski definition) is 2. The molecule has 0 N–H and O–H groups in total. The van der Waals surface area contributed by atoms with Gasteiger partial charge in [-0.05, 0) is 119 Å². The highest BCUT2D eigenvalue weighted by atomic mass is 15.1. The van der Waals surface area contributed by atoms with Crippen LogP contribution in [0.25, 0.3) is 0 Å². The Morgan fingerprint density at radius 2 is 1.09 bits per heavy atom. The first-order valence-electron chi connectivity index (χ1n) is 15.6. The number of rotatable bonds is 10. The lowest BCUT2D eigenvalue weighted by Crippen LogP contribution is -2.37. The number of likely N-dealkylation sites (tertiary alicyclic amines) is 2. The molecular formula is C33H62N2. The Morgan fingerprint density at radius 3 is 1.40 bits per heavy atom. The van der Waals surface area contributed by atoms with Crippen molar-refractivity contribution in [1.82, 2.24) is 9.80 Å². The van der Waals surface area contributed by atoms with E-state index in [0.717, 1.165) is 23.2 Å². The summed E-state index contributed by atoms with van der Waals surface area (Å²) in [5, 5.41) is 0. The Labute approximate surface area is 221 Å². The Balaban J connectivity index is 0.000000231. The molecule has 0 atom stereocenters. The first kappa shape index (κ1) is 30.7. The third kappa shape index (κ3) is 11.6. The van der Waals surface area contributed by atoms with Gasteiger partial charge >= 0.3 is 0 Å². The molecule has 2 aliphatic heterocycles. The van der Waals surface area contributed by atoms with Gasteiger partial charge in [0.05, 0.1) is 0 Å². The standard InChI is InChI=1S/C16H27N.C15H29N.C2H6/c1-4-15-6-11-17(12-7-15)13-16(9-10-16)8-5-14(2)3;1-13(2)4-7-15(8-9-15)12-16-10-5-14(3)6-11-16;1-2/h1,14-15H,5-13H2,2-3H3;13-14H,4-12H2,1-3H3;1-2H3. The van der Waals surface area contributed by atoms with Crippen molar-refractivity contribution in [2.45, 2.75) is 126 Å². The van der Waals surface area contributed by atoms with E-state index in [1.807, 2.05) is 13.8 Å². The molecule has 0 aromatic rings. The number of piperidine rings is 2. The molecule has 2 saturated carbocycles. The molecule has 0 radical (unpaired) electrons. The van der Waals surface area contributed by atoms with E-state index >= 15 is 0 Å². The minimum Gasteiger partial charge on any atom is -0.303 e. The molecule has 204 valence electrons. The van der Waals surface area contributed by atoms with Gasteiger partial charge in [-0.1, -0.05) is 61.3 Å². The van der Waals surface area contributed by atoms with Gasteiger partial charge in [-0.25, -0.2) is 0 Å². The minimum absolute atomic E-state index is 0.553. The van der Waals surface area contributed by atoms with Crippen molar-refractivity contribution in [2.75, 3.05) is 39.3 Å². The highest BCUT2D eigenvalue weighted by Crippen LogP contribution is 2.51. The van der Waals surface area contributed by atoms with Crippen LogP contribution in [0.15, 0.2) is 0 Å². The summed E-state index contributed by atoms with van der Waals surface area (Å²) in [5.74, 6) is 6.19. The van der Waals surface area contributed by atoms with Crippen molar-refractivity contribution >= 4 is 0 Å². The van der Waals surface area contributed by atoms with E-state index in [9.17, 15) is 0 Å². The molecule has 4 fully saturated rings. The molecule has 4 rings (SSSR count). The fourth-order valence-corrected chi connectivity index (χ4v) is 5.94. The summed E-state index contributed by atoms with van der Waals surface area (Å²) in [6, 6.07) is 0. The van der Waals surface area contributed by atoms with Gasteiger partial charge in [-0.2, -0.15) is 0 Å². The zero-order valence-corrected chi connectivity index (χ0v) is 25.0. The van der Waals surface area contributed by atoms with Crippen molar-refractivity contribution in [3.8, 4) is 12.3 Å². The minimum atomic E-state index is 0.553. The van der Waals surface area contributed by atoms with Crippen molar-refractivity contribution in [3.05, 3.63) is 0 Å². The molecule has 2 nitrogen and oxygen atoms in total. The van der Waals surface area contributed by atoms with Gasteiger partial charge in [-0.3, -0.25) is 0 Å². The summed E-state index contributed by atoms with van der Waals surface area (Å²) >= 11 is 0. The van der Waals surface area contributed by atoms with E-state index in [1.165, 1.54) is 116 Å². The largest absolute Gasteiger partial charge is 0.303 e. The molecule has 0 bridgehead atoms. The Bertz CT molecular complexity index is 591. The summed E-state index contributed by atoms with van der Waals surface area (Å²) in [5.41, 5.74) is 1.46. The van der Waals surface area contributed by atoms with E-state index in [1.54, 1.807) is 0 Å². The third-order valence-electron chi connectivity index (χ3n) is 9.24. The second kappa shape index (κ2) is 15.0. The molecule has 2 heterocycles. The maximum atomic E-state index is 5.50. The lowest BCUT2D eigenvalue weighted by atomic mass is 9.92. The lowest BCUT2D eigenvalue weighted by Gasteiger charge is -2.33. The zero-order valence-electron chi connectivity index (χ0n) is 25.0. The monoisotopic (exact) mass is 486 g/mol. The highest BCUT2D eigenvalue weighted by molar-refractivity contribution is 4.99. The van der Waals surface area contributed by atoms with Crippen LogP contribution < -0.4 is 0 Å². The summed E-state index contributed by atoms with van der Waals surface area (Å²) in [6.45, 7) is 23.8. The molecule has 0 spiro atoms. The fourth-order valence-electron chi connectivity index (χ4n) is 5.94. The second-order valence-electron chi connectivity index (χ2n) is 13.5. The number of hydrogen-bond donors (Lipinski definition) is 0. The number of nitrogens with zero attached hydrogens (tertiary/aromatic N) is 2. The predicted molar refractivity (Wildman–Crippen MR) is 156 cm³/mol. The SMILES string of the molecule is C#CC1CCN(CC2(CCC(C)C)CC2)CC1.CC.CC(C)CCC1(CN2CCC(C)CC2)CC1. The third-order valence-corrected chi connectivity index (χ3v) is 9.24. The van der Waals surface area contributed by atoms with Crippen LogP contribution in [-0.4, -0.2) is 49.1 Å². The van der Waals surface area contributed by atoms with E-state index in [4.69, 9.17) is 6.42 Å². The van der Waals surface area contributed by atoms with Crippen LogP contribution in [0.5, 0.6) is 0 Å². The van der Waals surface area contributed by atoms with Gasteiger partial charge in [-0.15, -0.1) is 12.3 Å². The topological polar surface area (TPSA) is 6.48 Å². The maximum Gasteiger partial charge on any atom is 0.0224 e. The lowest BCUT2D eigenvalue weighted by molar-refractivity contribution is 0.152. The molecular weight excluding hydrogens is 424 g/mol. The Hall–Kier alpha value is -0.520. The fraction of sp³-hybridized carbons (Fsp3) is 0.939. The van der Waals surface area contributed by atoms with E-state index in [2.05, 4.69) is 50.3 Å². The Kier molecular flexibility index (Phi) is 13.2. The Morgan fingerprint density at radius 1 is 0.714 bits per heavy atom.